The van der Waals surface area contributed by atoms with E-state index in [-0.39, 0.29) is 6.04 Å². The van der Waals surface area contributed by atoms with Crippen molar-refractivity contribution in [2.75, 3.05) is 13.6 Å². The Balaban J connectivity index is 2.41. The molecule has 2 N–H and O–H groups in total. The summed E-state index contributed by atoms with van der Waals surface area (Å²) in [4.78, 5) is 13.3. The summed E-state index contributed by atoms with van der Waals surface area (Å²) >= 11 is 0. The van der Waals surface area contributed by atoms with E-state index in [0.29, 0.717) is 25.8 Å². The third-order valence-electron chi connectivity index (χ3n) is 3.59. The number of amides is 1. The van der Waals surface area contributed by atoms with Gasteiger partial charge >= 0.3 is 6.09 Å². The molecule has 1 fully saturated rings. The molecule has 0 bridgehead atoms. The van der Waals surface area contributed by atoms with Gasteiger partial charge < -0.3 is 15.4 Å². The molecule has 1 unspecified atom stereocenters. The van der Waals surface area contributed by atoms with Gasteiger partial charge in [-0.05, 0) is 40.0 Å². The van der Waals surface area contributed by atoms with E-state index < -0.39 is 17.4 Å². The molecule has 1 aliphatic carbocycles. The van der Waals surface area contributed by atoms with Gasteiger partial charge in [-0.2, -0.15) is 0 Å². The molecule has 0 radical (unpaired) electrons. The van der Waals surface area contributed by atoms with Gasteiger partial charge in [-0.1, -0.05) is 19.3 Å². The fourth-order valence-corrected chi connectivity index (χ4v) is 2.69. The summed E-state index contributed by atoms with van der Waals surface area (Å²) in [6.07, 6.45) is 4.08. The van der Waals surface area contributed by atoms with Gasteiger partial charge in [0.05, 0.1) is 0 Å². The van der Waals surface area contributed by atoms with E-state index in [2.05, 4.69) is 0 Å². The first kappa shape index (κ1) is 17.2. The number of halogens is 1. The zero-order valence-electron chi connectivity index (χ0n) is 13.2. The van der Waals surface area contributed by atoms with E-state index in [1.165, 1.54) is 4.90 Å². The summed E-state index contributed by atoms with van der Waals surface area (Å²) in [5.41, 5.74) is 4.33. The monoisotopic (exact) mass is 288 g/mol. The van der Waals surface area contributed by atoms with Crippen LogP contribution in [0.5, 0.6) is 0 Å². The predicted molar refractivity (Wildman–Crippen MR) is 78.4 cm³/mol. The van der Waals surface area contributed by atoms with Gasteiger partial charge in [0.2, 0.25) is 0 Å². The quantitative estimate of drug-likeness (QED) is 0.864. The zero-order chi connectivity index (χ0) is 15.4. The topological polar surface area (TPSA) is 55.6 Å². The van der Waals surface area contributed by atoms with Crippen LogP contribution in [0.4, 0.5) is 9.18 Å². The number of hydrogen-bond acceptors (Lipinski definition) is 3. The summed E-state index contributed by atoms with van der Waals surface area (Å²) in [7, 11) is 1.64. The largest absolute Gasteiger partial charge is 0.444 e. The number of hydrogen-bond donors (Lipinski definition) is 1. The minimum atomic E-state index is -1.15. The highest BCUT2D eigenvalue weighted by Crippen LogP contribution is 2.35. The number of alkyl halides is 1. The molecule has 1 aliphatic rings. The van der Waals surface area contributed by atoms with Crippen molar-refractivity contribution in [3.8, 4) is 0 Å². The van der Waals surface area contributed by atoms with Gasteiger partial charge in [0.15, 0.2) is 0 Å². The molecule has 1 atom stereocenters. The molecule has 0 aromatic carbocycles. The molecular formula is C15H29FN2O2. The van der Waals surface area contributed by atoms with Crippen molar-refractivity contribution in [2.45, 2.75) is 76.6 Å². The standard InChI is InChI=1S/C15H29FN2O2/c1-14(2,3)20-13(19)18(4)11-12(17)10-15(16)8-6-5-7-9-15/h12H,5-11,17H2,1-4H3. The first-order valence-electron chi connectivity index (χ1n) is 7.50. The molecule has 20 heavy (non-hydrogen) atoms. The van der Waals surface area contributed by atoms with Gasteiger partial charge in [-0.15, -0.1) is 0 Å². The maximum Gasteiger partial charge on any atom is 0.410 e. The van der Waals surface area contributed by atoms with Crippen LogP contribution in [-0.4, -0.2) is 41.9 Å². The fraction of sp³-hybridized carbons (Fsp3) is 0.933. The van der Waals surface area contributed by atoms with Crippen LogP contribution in [0.15, 0.2) is 0 Å². The Morgan fingerprint density at radius 1 is 1.35 bits per heavy atom. The van der Waals surface area contributed by atoms with Gasteiger partial charge in [0, 0.05) is 19.6 Å². The highest BCUT2D eigenvalue weighted by molar-refractivity contribution is 5.67. The third-order valence-corrected chi connectivity index (χ3v) is 3.59. The summed E-state index contributed by atoms with van der Waals surface area (Å²) in [5.74, 6) is 0. The van der Waals surface area contributed by atoms with Crippen molar-refractivity contribution in [1.29, 1.82) is 0 Å². The lowest BCUT2D eigenvalue weighted by Crippen LogP contribution is -2.44. The molecule has 4 nitrogen and oxygen atoms in total. The van der Waals surface area contributed by atoms with Crippen LogP contribution in [0.1, 0.15) is 59.3 Å². The minimum Gasteiger partial charge on any atom is -0.444 e. The van der Waals surface area contributed by atoms with E-state index in [1.807, 2.05) is 20.8 Å². The smallest absolute Gasteiger partial charge is 0.410 e. The second-order valence-electron chi connectivity index (χ2n) is 7.04. The molecule has 0 aromatic heterocycles. The van der Waals surface area contributed by atoms with Crippen molar-refractivity contribution in [1.82, 2.24) is 4.90 Å². The molecule has 1 rings (SSSR count). The highest BCUT2D eigenvalue weighted by atomic mass is 19.1. The number of carbonyl (C=O) groups excluding carboxylic acids is 1. The van der Waals surface area contributed by atoms with E-state index in [1.54, 1.807) is 7.05 Å². The van der Waals surface area contributed by atoms with Crippen LogP contribution in [0.25, 0.3) is 0 Å². The van der Waals surface area contributed by atoms with E-state index in [0.717, 1.165) is 19.3 Å². The number of likely N-dealkylation sites (N-methyl/N-ethyl adjacent to an activating group) is 1. The SMILES string of the molecule is CN(CC(N)CC1(F)CCCCC1)C(=O)OC(C)(C)C. The average molecular weight is 288 g/mol. The van der Waals surface area contributed by atoms with E-state index in [9.17, 15) is 9.18 Å². The molecule has 5 heteroatoms. The number of nitrogens with zero attached hydrogens (tertiary/aromatic N) is 1. The fourth-order valence-electron chi connectivity index (χ4n) is 2.69. The molecule has 0 spiro atoms. The maximum absolute atomic E-state index is 14.5. The maximum atomic E-state index is 14.5. The molecule has 1 saturated carbocycles. The van der Waals surface area contributed by atoms with E-state index >= 15 is 0 Å². The zero-order valence-corrected chi connectivity index (χ0v) is 13.2. The van der Waals surface area contributed by atoms with Crippen molar-refractivity contribution >= 4 is 6.09 Å². The Hall–Kier alpha value is -0.840. The van der Waals surface area contributed by atoms with Crippen molar-refractivity contribution in [3.05, 3.63) is 0 Å². The number of rotatable bonds is 4. The average Bonchev–Trinajstić information content (AvgIpc) is 2.26. The van der Waals surface area contributed by atoms with Crippen molar-refractivity contribution in [2.24, 2.45) is 5.73 Å². The lowest BCUT2D eigenvalue weighted by molar-refractivity contribution is 0.0259. The predicted octanol–water partition coefficient (Wildman–Crippen LogP) is 3.24. The van der Waals surface area contributed by atoms with Crippen LogP contribution in [0, 0.1) is 0 Å². The Labute approximate surface area is 121 Å². The van der Waals surface area contributed by atoms with Crippen molar-refractivity contribution in [3.63, 3.8) is 0 Å². The van der Waals surface area contributed by atoms with Crippen LogP contribution in [0.3, 0.4) is 0 Å². The lowest BCUT2D eigenvalue weighted by atomic mass is 9.82. The van der Waals surface area contributed by atoms with Gasteiger partial charge in [-0.3, -0.25) is 0 Å². The molecule has 118 valence electrons. The van der Waals surface area contributed by atoms with E-state index in [4.69, 9.17) is 10.5 Å². The first-order chi connectivity index (χ1) is 9.11. The lowest BCUT2D eigenvalue weighted by Gasteiger charge is -2.33. The first-order valence-corrected chi connectivity index (χ1v) is 7.50. The van der Waals surface area contributed by atoms with Crippen LogP contribution in [0.2, 0.25) is 0 Å². The number of ether oxygens (including phenoxy) is 1. The second-order valence-corrected chi connectivity index (χ2v) is 7.04. The molecule has 0 aliphatic heterocycles. The van der Waals surface area contributed by atoms with Gasteiger partial charge in [-0.25, -0.2) is 9.18 Å². The highest BCUT2D eigenvalue weighted by Gasteiger charge is 2.34. The summed E-state index contributed by atoms with van der Waals surface area (Å²) in [6, 6.07) is -0.351. The summed E-state index contributed by atoms with van der Waals surface area (Å²) < 4.78 is 19.8. The normalized spacial score (nSPS) is 20.3. The Bertz CT molecular complexity index is 322. The molecule has 0 saturated heterocycles. The second kappa shape index (κ2) is 6.74. The van der Waals surface area contributed by atoms with Gasteiger partial charge in [0.1, 0.15) is 11.3 Å². The Morgan fingerprint density at radius 3 is 2.40 bits per heavy atom. The van der Waals surface area contributed by atoms with Crippen molar-refractivity contribution < 1.29 is 13.9 Å². The van der Waals surface area contributed by atoms with Crippen LogP contribution < -0.4 is 5.73 Å². The number of carbonyl (C=O) groups is 1. The minimum absolute atomic E-state index is 0.320. The van der Waals surface area contributed by atoms with Crippen LogP contribution >= 0.6 is 0 Å². The van der Waals surface area contributed by atoms with Crippen LogP contribution in [-0.2, 0) is 4.74 Å². The molecular weight excluding hydrogens is 259 g/mol. The molecule has 1 amide bonds. The number of nitrogens with two attached hydrogens (primary N) is 1. The molecule has 0 aromatic rings. The van der Waals surface area contributed by atoms with Gasteiger partial charge in [0.25, 0.3) is 0 Å². The Morgan fingerprint density at radius 2 is 1.90 bits per heavy atom. The Kier molecular flexibility index (Phi) is 5.80. The summed E-state index contributed by atoms with van der Waals surface area (Å²) in [5, 5.41) is 0. The third kappa shape index (κ3) is 6.07. The summed E-state index contributed by atoms with van der Waals surface area (Å²) in [6.45, 7) is 5.77. The molecule has 0 heterocycles.